The van der Waals surface area contributed by atoms with E-state index in [1.807, 2.05) is 6.07 Å². The first-order valence-electron chi connectivity index (χ1n) is 6.05. The fourth-order valence-electron chi connectivity index (χ4n) is 2.17. The van der Waals surface area contributed by atoms with Crippen molar-refractivity contribution in [3.8, 4) is 17.1 Å². The number of benzene rings is 1. The molecule has 100 valence electrons. The summed E-state index contributed by atoms with van der Waals surface area (Å²) in [5.74, 6) is 0.298. The number of nitrogens with zero attached hydrogens (tertiary/aromatic N) is 2. The summed E-state index contributed by atoms with van der Waals surface area (Å²) in [5.41, 5.74) is 1.68. The van der Waals surface area contributed by atoms with Gasteiger partial charge in [0.1, 0.15) is 11.6 Å². The molecule has 1 N–H and O–H groups in total. The van der Waals surface area contributed by atoms with Crippen LogP contribution in [0.5, 0.6) is 5.75 Å². The molecule has 0 aliphatic carbocycles. The van der Waals surface area contributed by atoms with E-state index in [1.54, 1.807) is 47.1 Å². The molecule has 2 heterocycles. The molecule has 0 amide bonds. The second-order valence-corrected chi connectivity index (χ2v) is 4.27. The number of carbonyl (C=O) groups excluding carboxylic acids is 1. The van der Waals surface area contributed by atoms with Crippen molar-refractivity contribution in [1.82, 2.24) is 9.38 Å². The maximum Gasteiger partial charge on any atom is 0.340 e. The van der Waals surface area contributed by atoms with Crippen LogP contribution < -0.4 is 0 Å². The highest BCUT2D eigenvalue weighted by Crippen LogP contribution is 2.28. The third kappa shape index (κ3) is 1.80. The Hall–Kier alpha value is -2.82. The van der Waals surface area contributed by atoms with Crippen molar-refractivity contribution < 1.29 is 14.6 Å². The Morgan fingerprint density at radius 2 is 2.05 bits per heavy atom. The zero-order valence-corrected chi connectivity index (χ0v) is 10.8. The number of hydrogen-bond acceptors (Lipinski definition) is 4. The molecule has 0 saturated carbocycles. The van der Waals surface area contributed by atoms with E-state index in [0.717, 1.165) is 0 Å². The number of aromatic hydroxyl groups is 1. The lowest BCUT2D eigenvalue weighted by Gasteiger charge is -2.05. The Bertz CT molecular complexity index is 793. The quantitative estimate of drug-likeness (QED) is 0.725. The van der Waals surface area contributed by atoms with E-state index in [-0.39, 0.29) is 5.75 Å². The van der Waals surface area contributed by atoms with E-state index in [2.05, 4.69) is 4.98 Å². The average molecular weight is 268 g/mol. The number of para-hydroxylation sites is 1. The number of phenols is 1. The monoisotopic (exact) mass is 268 g/mol. The third-order valence-corrected chi connectivity index (χ3v) is 3.12. The van der Waals surface area contributed by atoms with Gasteiger partial charge < -0.3 is 9.84 Å². The lowest BCUT2D eigenvalue weighted by Crippen LogP contribution is -2.03. The van der Waals surface area contributed by atoms with E-state index in [4.69, 9.17) is 4.74 Å². The van der Waals surface area contributed by atoms with Crippen LogP contribution in [0.4, 0.5) is 0 Å². The lowest BCUT2D eigenvalue weighted by molar-refractivity contribution is 0.0602. The van der Waals surface area contributed by atoms with Gasteiger partial charge >= 0.3 is 5.97 Å². The molecule has 1 aromatic carbocycles. The van der Waals surface area contributed by atoms with Crippen LogP contribution in [0.15, 0.2) is 48.8 Å². The van der Waals surface area contributed by atoms with Crippen molar-refractivity contribution in [3.05, 3.63) is 54.4 Å². The summed E-state index contributed by atoms with van der Waals surface area (Å²) in [5, 5.41) is 9.92. The van der Waals surface area contributed by atoms with Gasteiger partial charge in [0.2, 0.25) is 0 Å². The van der Waals surface area contributed by atoms with Gasteiger partial charge in [-0.3, -0.25) is 4.40 Å². The van der Waals surface area contributed by atoms with Crippen LogP contribution in [-0.2, 0) is 4.74 Å². The van der Waals surface area contributed by atoms with Crippen molar-refractivity contribution in [2.24, 2.45) is 0 Å². The SMILES string of the molecule is COC(=O)c1cccn2c(-c3ccccc3O)ncc12. The number of methoxy groups -OCH3 is 1. The molecule has 0 atom stereocenters. The van der Waals surface area contributed by atoms with Gasteiger partial charge in [0.05, 0.1) is 30.0 Å². The zero-order valence-electron chi connectivity index (χ0n) is 10.8. The first-order valence-corrected chi connectivity index (χ1v) is 6.05. The topological polar surface area (TPSA) is 63.8 Å². The van der Waals surface area contributed by atoms with Crippen LogP contribution in [0.3, 0.4) is 0 Å². The highest BCUT2D eigenvalue weighted by Gasteiger charge is 2.15. The zero-order chi connectivity index (χ0) is 14.1. The summed E-state index contributed by atoms with van der Waals surface area (Å²) in [6.45, 7) is 0. The van der Waals surface area contributed by atoms with E-state index >= 15 is 0 Å². The fourth-order valence-corrected chi connectivity index (χ4v) is 2.17. The van der Waals surface area contributed by atoms with Gasteiger partial charge in [0, 0.05) is 6.20 Å². The van der Waals surface area contributed by atoms with Gasteiger partial charge in [-0.05, 0) is 24.3 Å². The Labute approximate surface area is 115 Å². The smallest absolute Gasteiger partial charge is 0.340 e. The van der Waals surface area contributed by atoms with Crippen molar-refractivity contribution >= 4 is 11.5 Å². The Balaban J connectivity index is 2.26. The van der Waals surface area contributed by atoms with Gasteiger partial charge in [-0.25, -0.2) is 9.78 Å². The average Bonchev–Trinajstić information content (AvgIpc) is 2.90. The molecule has 20 heavy (non-hydrogen) atoms. The number of carbonyl (C=O) groups is 1. The van der Waals surface area contributed by atoms with Crippen molar-refractivity contribution in [3.63, 3.8) is 0 Å². The van der Waals surface area contributed by atoms with Crippen LogP contribution in [0.2, 0.25) is 0 Å². The van der Waals surface area contributed by atoms with Crippen LogP contribution in [0.1, 0.15) is 10.4 Å². The molecular weight excluding hydrogens is 256 g/mol. The summed E-state index contributed by atoms with van der Waals surface area (Å²) in [4.78, 5) is 16.0. The highest BCUT2D eigenvalue weighted by atomic mass is 16.5. The maximum absolute atomic E-state index is 11.7. The van der Waals surface area contributed by atoms with Crippen molar-refractivity contribution in [2.45, 2.75) is 0 Å². The Morgan fingerprint density at radius 1 is 1.25 bits per heavy atom. The van der Waals surface area contributed by atoms with Crippen LogP contribution >= 0.6 is 0 Å². The molecule has 0 saturated heterocycles. The number of imidazole rings is 1. The fraction of sp³-hybridized carbons (Fsp3) is 0.0667. The lowest BCUT2D eigenvalue weighted by atomic mass is 10.2. The summed E-state index contributed by atoms with van der Waals surface area (Å²) in [7, 11) is 1.34. The van der Waals surface area contributed by atoms with E-state index < -0.39 is 5.97 Å². The molecule has 2 aromatic heterocycles. The minimum atomic E-state index is -0.417. The minimum absolute atomic E-state index is 0.142. The number of phenolic OH excluding ortho intramolecular Hbond substituents is 1. The summed E-state index contributed by atoms with van der Waals surface area (Å²) in [6.07, 6.45) is 3.38. The van der Waals surface area contributed by atoms with Gasteiger partial charge in [-0.15, -0.1) is 0 Å². The molecule has 0 spiro atoms. The summed E-state index contributed by atoms with van der Waals surface area (Å²) < 4.78 is 6.50. The van der Waals surface area contributed by atoms with Gasteiger partial charge in [0.25, 0.3) is 0 Å². The maximum atomic E-state index is 11.7. The predicted octanol–water partition coefficient (Wildman–Crippen LogP) is 2.49. The molecular formula is C15H12N2O3. The normalized spacial score (nSPS) is 10.7. The molecule has 5 heteroatoms. The number of rotatable bonds is 2. The van der Waals surface area contributed by atoms with E-state index in [9.17, 15) is 9.90 Å². The number of ether oxygens (including phenoxy) is 1. The predicted molar refractivity (Wildman–Crippen MR) is 73.6 cm³/mol. The van der Waals surface area contributed by atoms with Gasteiger partial charge in [-0.2, -0.15) is 0 Å². The molecule has 3 rings (SSSR count). The number of fused-ring (bicyclic) bond motifs is 1. The van der Waals surface area contributed by atoms with Crippen LogP contribution in [-0.4, -0.2) is 27.6 Å². The minimum Gasteiger partial charge on any atom is -0.507 e. The number of esters is 1. The molecule has 3 aromatic rings. The molecule has 0 radical (unpaired) electrons. The Kier molecular flexibility index (Phi) is 2.87. The molecule has 0 aliphatic rings. The first-order chi connectivity index (χ1) is 9.72. The number of aromatic nitrogens is 2. The van der Waals surface area contributed by atoms with E-state index in [0.29, 0.717) is 22.5 Å². The van der Waals surface area contributed by atoms with Crippen LogP contribution in [0, 0.1) is 0 Å². The first kappa shape index (κ1) is 12.2. The molecule has 0 unspecified atom stereocenters. The molecule has 5 nitrogen and oxygen atoms in total. The van der Waals surface area contributed by atoms with Gasteiger partial charge in [0.15, 0.2) is 0 Å². The van der Waals surface area contributed by atoms with Crippen LogP contribution in [0.25, 0.3) is 16.9 Å². The van der Waals surface area contributed by atoms with E-state index in [1.165, 1.54) is 7.11 Å². The van der Waals surface area contributed by atoms with Crippen molar-refractivity contribution in [1.29, 1.82) is 0 Å². The number of pyridine rings is 1. The second-order valence-electron chi connectivity index (χ2n) is 4.27. The standard InChI is InChI=1S/C15H12N2O3/c1-20-15(19)10-6-4-8-17-12(10)9-16-14(17)11-5-2-3-7-13(11)18/h2-9,18H,1H3. The highest BCUT2D eigenvalue weighted by molar-refractivity contribution is 5.97. The summed E-state index contributed by atoms with van der Waals surface area (Å²) in [6, 6.07) is 10.4. The Morgan fingerprint density at radius 3 is 2.80 bits per heavy atom. The molecule has 0 bridgehead atoms. The third-order valence-electron chi connectivity index (χ3n) is 3.12. The molecule has 0 aliphatic heterocycles. The largest absolute Gasteiger partial charge is 0.507 e. The molecule has 0 fully saturated rings. The number of hydrogen-bond donors (Lipinski definition) is 1. The van der Waals surface area contributed by atoms with Crippen molar-refractivity contribution in [2.75, 3.05) is 7.11 Å². The second kappa shape index (κ2) is 4.70. The van der Waals surface area contributed by atoms with Gasteiger partial charge in [-0.1, -0.05) is 12.1 Å². The summed E-state index contributed by atoms with van der Waals surface area (Å²) >= 11 is 0.